The van der Waals surface area contributed by atoms with Gasteiger partial charge in [0.2, 0.25) is 0 Å². The molecular formula is C18H21N3. The average molecular weight is 279 g/mol. The Labute approximate surface area is 126 Å². The van der Waals surface area contributed by atoms with Crippen LogP contribution in [0.5, 0.6) is 0 Å². The van der Waals surface area contributed by atoms with Gasteiger partial charge in [0.05, 0.1) is 11.3 Å². The Morgan fingerprint density at radius 1 is 1.14 bits per heavy atom. The first kappa shape index (κ1) is 15.1. The smallest absolute Gasteiger partial charge is 0.144 e. The van der Waals surface area contributed by atoms with Crippen molar-refractivity contribution in [3.63, 3.8) is 0 Å². The highest BCUT2D eigenvalue weighted by molar-refractivity contribution is 5.71. The zero-order chi connectivity index (χ0) is 15.4. The third-order valence-corrected chi connectivity index (χ3v) is 3.49. The van der Waals surface area contributed by atoms with Gasteiger partial charge in [-0.3, -0.25) is 0 Å². The first-order valence-corrected chi connectivity index (χ1v) is 7.30. The zero-order valence-electron chi connectivity index (χ0n) is 13.1. The second-order valence-corrected chi connectivity index (χ2v) is 5.40. The summed E-state index contributed by atoms with van der Waals surface area (Å²) >= 11 is 0. The number of rotatable bonds is 4. The van der Waals surface area contributed by atoms with Crippen LogP contribution in [0.2, 0.25) is 0 Å². The van der Waals surface area contributed by atoms with Crippen LogP contribution in [-0.4, -0.2) is 11.5 Å². The van der Waals surface area contributed by atoms with Crippen molar-refractivity contribution in [2.45, 2.75) is 34.1 Å². The van der Waals surface area contributed by atoms with Crippen molar-refractivity contribution < 1.29 is 0 Å². The molecule has 3 heteroatoms. The van der Waals surface area contributed by atoms with Crippen molar-refractivity contribution in [2.24, 2.45) is 0 Å². The Bertz CT molecular complexity index is 673. The van der Waals surface area contributed by atoms with Crippen LogP contribution in [0, 0.1) is 32.1 Å². The second-order valence-electron chi connectivity index (χ2n) is 5.40. The van der Waals surface area contributed by atoms with Crippen molar-refractivity contribution in [3.05, 3.63) is 46.5 Å². The molecule has 0 unspecified atom stereocenters. The highest BCUT2D eigenvalue weighted by atomic mass is 15.0. The maximum absolute atomic E-state index is 9.19. The molecule has 1 aromatic heterocycles. The first-order chi connectivity index (χ1) is 10.1. The van der Waals surface area contributed by atoms with Crippen molar-refractivity contribution in [1.29, 1.82) is 5.26 Å². The lowest BCUT2D eigenvalue weighted by Crippen LogP contribution is -2.05. The fourth-order valence-electron chi connectivity index (χ4n) is 2.65. The maximum Gasteiger partial charge on any atom is 0.144 e. The van der Waals surface area contributed by atoms with Gasteiger partial charge in [-0.15, -0.1) is 0 Å². The van der Waals surface area contributed by atoms with Crippen LogP contribution in [0.25, 0.3) is 11.3 Å². The molecule has 21 heavy (non-hydrogen) atoms. The normalized spacial score (nSPS) is 10.2. The predicted molar refractivity (Wildman–Crippen MR) is 87.4 cm³/mol. The Kier molecular flexibility index (Phi) is 4.59. The lowest BCUT2D eigenvalue weighted by atomic mass is 9.96. The Morgan fingerprint density at radius 2 is 1.81 bits per heavy atom. The second kappa shape index (κ2) is 6.41. The van der Waals surface area contributed by atoms with Crippen molar-refractivity contribution in [3.8, 4) is 17.3 Å². The van der Waals surface area contributed by atoms with Gasteiger partial charge in [-0.1, -0.05) is 24.6 Å². The number of pyridine rings is 1. The standard InChI is InChI=1S/C18H21N3/c1-5-8-20-18-15(11-19)6-7-16(21-18)17-13(3)9-12(2)10-14(17)4/h6-7,9-10H,5,8H2,1-4H3,(H,20,21). The average Bonchev–Trinajstić information content (AvgIpc) is 2.44. The number of hydrogen-bond acceptors (Lipinski definition) is 3. The van der Waals surface area contributed by atoms with Gasteiger partial charge in [0.25, 0.3) is 0 Å². The van der Waals surface area contributed by atoms with E-state index in [1.807, 2.05) is 12.1 Å². The van der Waals surface area contributed by atoms with E-state index in [1.165, 1.54) is 16.7 Å². The van der Waals surface area contributed by atoms with Crippen molar-refractivity contribution in [1.82, 2.24) is 4.98 Å². The van der Waals surface area contributed by atoms with Gasteiger partial charge < -0.3 is 5.32 Å². The Balaban J connectivity index is 2.53. The van der Waals surface area contributed by atoms with Crippen LogP contribution in [0.15, 0.2) is 24.3 Å². The molecule has 0 spiro atoms. The number of nitriles is 1. The van der Waals surface area contributed by atoms with Gasteiger partial charge in [0.1, 0.15) is 11.9 Å². The molecule has 1 N–H and O–H groups in total. The minimum Gasteiger partial charge on any atom is -0.369 e. The summed E-state index contributed by atoms with van der Waals surface area (Å²) in [7, 11) is 0. The number of anilines is 1. The molecule has 0 saturated carbocycles. The number of benzene rings is 1. The summed E-state index contributed by atoms with van der Waals surface area (Å²) in [5.41, 5.74) is 6.35. The van der Waals surface area contributed by atoms with Crippen LogP contribution in [-0.2, 0) is 0 Å². The molecule has 0 atom stereocenters. The molecule has 1 aromatic carbocycles. The summed E-state index contributed by atoms with van der Waals surface area (Å²) < 4.78 is 0. The first-order valence-electron chi connectivity index (χ1n) is 7.30. The van der Waals surface area contributed by atoms with Crippen LogP contribution >= 0.6 is 0 Å². The minimum absolute atomic E-state index is 0.592. The molecule has 0 aliphatic rings. The quantitative estimate of drug-likeness (QED) is 0.904. The summed E-state index contributed by atoms with van der Waals surface area (Å²) in [6, 6.07) is 10.3. The van der Waals surface area contributed by atoms with E-state index in [2.05, 4.69) is 56.2 Å². The van der Waals surface area contributed by atoms with E-state index in [0.29, 0.717) is 11.4 Å². The fourth-order valence-corrected chi connectivity index (χ4v) is 2.65. The monoisotopic (exact) mass is 279 g/mol. The Hall–Kier alpha value is -2.34. The third-order valence-electron chi connectivity index (χ3n) is 3.49. The van der Waals surface area contributed by atoms with Crippen LogP contribution in [0.1, 0.15) is 35.6 Å². The number of aryl methyl sites for hydroxylation is 3. The number of nitrogens with one attached hydrogen (secondary N) is 1. The van der Waals surface area contributed by atoms with Crippen molar-refractivity contribution in [2.75, 3.05) is 11.9 Å². The molecular weight excluding hydrogens is 258 g/mol. The maximum atomic E-state index is 9.19. The molecule has 2 rings (SSSR count). The molecule has 0 aliphatic heterocycles. The highest BCUT2D eigenvalue weighted by Crippen LogP contribution is 2.28. The summed E-state index contributed by atoms with van der Waals surface area (Å²) in [6.45, 7) is 9.22. The molecule has 3 nitrogen and oxygen atoms in total. The van der Waals surface area contributed by atoms with Crippen molar-refractivity contribution >= 4 is 5.82 Å². The van der Waals surface area contributed by atoms with Crippen LogP contribution in [0.3, 0.4) is 0 Å². The van der Waals surface area contributed by atoms with E-state index in [1.54, 1.807) is 0 Å². The van der Waals surface area contributed by atoms with Crippen LogP contribution < -0.4 is 5.32 Å². The third kappa shape index (κ3) is 3.22. The number of hydrogen-bond donors (Lipinski definition) is 1. The lowest BCUT2D eigenvalue weighted by molar-refractivity contribution is 0.968. The molecule has 108 valence electrons. The topological polar surface area (TPSA) is 48.7 Å². The van der Waals surface area contributed by atoms with E-state index in [-0.39, 0.29) is 0 Å². The highest BCUT2D eigenvalue weighted by Gasteiger charge is 2.11. The van der Waals surface area contributed by atoms with E-state index < -0.39 is 0 Å². The largest absolute Gasteiger partial charge is 0.369 e. The number of aromatic nitrogens is 1. The molecule has 1 heterocycles. The van der Waals surface area contributed by atoms with Gasteiger partial charge in [-0.2, -0.15) is 5.26 Å². The molecule has 0 amide bonds. The fraction of sp³-hybridized carbons (Fsp3) is 0.333. The molecule has 2 aromatic rings. The number of nitrogens with zero attached hydrogens (tertiary/aromatic N) is 2. The predicted octanol–water partition coefficient (Wildman–Crippen LogP) is 4.37. The summed E-state index contributed by atoms with van der Waals surface area (Å²) in [4.78, 5) is 4.67. The zero-order valence-corrected chi connectivity index (χ0v) is 13.1. The van der Waals surface area contributed by atoms with Crippen LogP contribution in [0.4, 0.5) is 5.82 Å². The summed E-state index contributed by atoms with van der Waals surface area (Å²) in [6.07, 6.45) is 0.999. The lowest BCUT2D eigenvalue weighted by Gasteiger charge is -2.13. The summed E-state index contributed by atoms with van der Waals surface area (Å²) in [5, 5.41) is 12.4. The SMILES string of the molecule is CCCNc1nc(-c2c(C)cc(C)cc2C)ccc1C#N. The summed E-state index contributed by atoms with van der Waals surface area (Å²) in [5.74, 6) is 0.677. The van der Waals surface area contributed by atoms with Gasteiger partial charge in [0, 0.05) is 12.1 Å². The van der Waals surface area contributed by atoms with E-state index in [4.69, 9.17) is 0 Å². The molecule has 0 saturated heterocycles. The van der Waals surface area contributed by atoms with Gasteiger partial charge in [0.15, 0.2) is 0 Å². The molecule has 0 radical (unpaired) electrons. The van der Waals surface area contributed by atoms with Gasteiger partial charge in [-0.05, 0) is 50.5 Å². The molecule has 0 fully saturated rings. The van der Waals surface area contributed by atoms with Gasteiger partial charge in [-0.25, -0.2) is 4.98 Å². The van der Waals surface area contributed by atoms with E-state index in [9.17, 15) is 5.26 Å². The van der Waals surface area contributed by atoms with E-state index in [0.717, 1.165) is 24.2 Å². The van der Waals surface area contributed by atoms with E-state index >= 15 is 0 Å². The minimum atomic E-state index is 0.592. The van der Waals surface area contributed by atoms with Gasteiger partial charge >= 0.3 is 0 Å². The molecule has 0 aliphatic carbocycles. The Morgan fingerprint density at radius 3 is 2.38 bits per heavy atom. The molecule has 0 bridgehead atoms.